The molecule has 1 heterocycles. The standard InChI is InChI=1S/C14H21N3O4S/c1-21-9-8-15-6-7-17-22(19,20)12-3-2-11-4-5-16-14(18)13(11)10-12/h2-3,10,15,17H,4-9H2,1H3,(H,16,18). The van der Waals surface area contributed by atoms with E-state index in [0.717, 1.165) is 12.0 Å². The molecule has 0 aliphatic carbocycles. The predicted molar refractivity (Wildman–Crippen MR) is 82.4 cm³/mol. The molecular weight excluding hydrogens is 306 g/mol. The summed E-state index contributed by atoms with van der Waals surface area (Å²) in [7, 11) is -2.00. The summed E-state index contributed by atoms with van der Waals surface area (Å²) in [5.74, 6) is -0.223. The van der Waals surface area contributed by atoms with Gasteiger partial charge in [-0.25, -0.2) is 13.1 Å². The molecule has 0 saturated heterocycles. The Labute approximate surface area is 130 Å². The molecule has 0 fully saturated rings. The van der Waals surface area contributed by atoms with Crippen LogP contribution in [0.4, 0.5) is 0 Å². The van der Waals surface area contributed by atoms with Crippen molar-refractivity contribution in [3.8, 4) is 0 Å². The first-order valence-electron chi connectivity index (χ1n) is 7.15. The number of hydrogen-bond acceptors (Lipinski definition) is 5. The number of amides is 1. The molecule has 22 heavy (non-hydrogen) atoms. The summed E-state index contributed by atoms with van der Waals surface area (Å²) >= 11 is 0. The molecule has 1 aliphatic heterocycles. The highest BCUT2D eigenvalue weighted by molar-refractivity contribution is 7.89. The van der Waals surface area contributed by atoms with E-state index in [2.05, 4.69) is 15.4 Å². The van der Waals surface area contributed by atoms with Crippen molar-refractivity contribution in [1.29, 1.82) is 0 Å². The summed E-state index contributed by atoms with van der Waals surface area (Å²) in [4.78, 5) is 11.9. The lowest BCUT2D eigenvalue weighted by atomic mass is 10.0. The van der Waals surface area contributed by atoms with Gasteiger partial charge in [-0.05, 0) is 24.1 Å². The van der Waals surface area contributed by atoms with E-state index in [0.29, 0.717) is 31.8 Å². The van der Waals surface area contributed by atoms with Crippen LogP contribution in [0.1, 0.15) is 15.9 Å². The van der Waals surface area contributed by atoms with Crippen LogP contribution in [0.2, 0.25) is 0 Å². The van der Waals surface area contributed by atoms with Crippen LogP contribution in [0.5, 0.6) is 0 Å². The second-order valence-electron chi connectivity index (χ2n) is 4.97. The van der Waals surface area contributed by atoms with Crippen molar-refractivity contribution in [2.45, 2.75) is 11.3 Å². The Balaban J connectivity index is 1.98. The molecule has 0 saturated carbocycles. The molecule has 0 spiro atoms. The minimum atomic E-state index is -3.61. The van der Waals surface area contributed by atoms with Crippen LogP contribution in [-0.4, -0.2) is 54.2 Å². The molecule has 1 aliphatic rings. The third-order valence-corrected chi connectivity index (χ3v) is 4.85. The monoisotopic (exact) mass is 327 g/mol. The van der Waals surface area contributed by atoms with Gasteiger partial charge in [-0.2, -0.15) is 0 Å². The molecule has 122 valence electrons. The summed E-state index contributed by atoms with van der Waals surface area (Å²) in [6.07, 6.45) is 0.720. The van der Waals surface area contributed by atoms with E-state index in [4.69, 9.17) is 4.74 Å². The molecule has 0 bridgehead atoms. The Morgan fingerprint density at radius 1 is 1.27 bits per heavy atom. The van der Waals surface area contributed by atoms with Gasteiger partial charge in [-0.1, -0.05) is 6.07 Å². The number of methoxy groups -OCH3 is 1. The fourth-order valence-corrected chi connectivity index (χ4v) is 3.27. The highest BCUT2D eigenvalue weighted by Gasteiger charge is 2.21. The molecule has 1 aromatic carbocycles. The number of nitrogens with one attached hydrogen (secondary N) is 3. The molecule has 7 nitrogen and oxygen atoms in total. The van der Waals surface area contributed by atoms with Crippen LogP contribution < -0.4 is 15.4 Å². The maximum absolute atomic E-state index is 12.2. The van der Waals surface area contributed by atoms with E-state index in [-0.39, 0.29) is 17.3 Å². The van der Waals surface area contributed by atoms with Gasteiger partial charge in [0.05, 0.1) is 11.5 Å². The van der Waals surface area contributed by atoms with Crippen molar-refractivity contribution in [2.24, 2.45) is 0 Å². The fraction of sp³-hybridized carbons (Fsp3) is 0.500. The number of hydrogen-bond donors (Lipinski definition) is 3. The van der Waals surface area contributed by atoms with Crippen molar-refractivity contribution in [2.75, 3.05) is 39.9 Å². The third-order valence-electron chi connectivity index (χ3n) is 3.39. The van der Waals surface area contributed by atoms with Gasteiger partial charge in [0, 0.05) is 38.9 Å². The van der Waals surface area contributed by atoms with Crippen LogP contribution in [0.25, 0.3) is 0 Å². The largest absolute Gasteiger partial charge is 0.383 e. The number of rotatable bonds is 8. The van der Waals surface area contributed by atoms with Gasteiger partial charge in [0.2, 0.25) is 10.0 Å². The second kappa shape index (κ2) is 7.68. The van der Waals surface area contributed by atoms with E-state index >= 15 is 0 Å². The number of benzene rings is 1. The summed E-state index contributed by atoms with van der Waals surface area (Å²) in [6, 6.07) is 4.68. The van der Waals surface area contributed by atoms with Crippen molar-refractivity contribution < 1.29 is 17.9 Å². The first-order valence-corrected chi connectivity index (χ1v) is 8.63. The molecular formula is C14H21N3O4S. The van der Waals surface area contributed by atoms with Crippen molar-refractivity contribution in [3.05, 3.63) is 29.3 Å². The van der Waals surface area contributed by atoms with Gasteiger partial charge in [0.25, 0.3) is 5.91 Å². The minimum absolute atomic E-state index is 0.111. The van der Waals surface area contributed by atoms with Gasteiger partial charge >= 0.3 is 0 Å². The molecule has 0 aromatic heterocycles. The zero-order valence-corrected chi connectivity index (χ0v) is 13.3. The van der Waals surface area contributed by atoms with Crippen LogP contribution in [-0.2, 0) is 21.2 Å². The summed E-state index contributed by atoms with van der Waals surface area (Å²) in [5, 5.41) is 5.76. The van der Waals surface area contributed by atoms with Gasteiger partial charge < -0.3 is 15.4 Å². The number of fused-ring (bicyclic) bond motifs is 1. The highest BCUT2D eigenvalue weighted by Crippen LogP contribution is 2.18. The summed E-state index contributed by atoms with van der Waals surface area (Å²) in [5.41, 5.74) is 1.32. The maximum Gasteiger partial charge on any atom is 0.251 e. The first-order chi connectivity index (χ1) is 10.5. The maximum atomic E-state index is 12.2. The smallest absolute Gasteiger partial charge is 0.251 e. The van der Waals surface area contributed by atoms with Crippen molar-refractivity contribution in [3.63, 3.8) is 0 Å². The first kappa shape index (κ1) is 16.9. The lowest BCUT2D eigenvalue weighted by Gasteiger charge is -2.17. The normalized spacial score (nSPS) is 14.5. The molecule has 1 amide bonds. The SMILES string of the molecule is COCCNCCNS(=O)(=O)c1ccc2c(c1)C(=O)NCC2. The van der Waals surface area contributed by atoms with Gasteiger partial charge in [-0.15, -0.1) is 0 Å². The Hall–Kier alpha value is -1.48. The molecule has 8 heteroatoms. The molecule has 3 N–H and O–H groups in total. The Morgan fingerprint density at radius 3 is 2.86 bits per heavy atom. The second-order valence-corrected chi connectivity index (χ2v) is 6.73. The van der Waals surface area contributed by atoms with E-state index in [9.17, 15) is 13.2 Å². The highest BCUT2D eigenvalue weighted by atomic mass is 32.2. The Morgan fingerprint density at radius 2 is 2.09 bits per heavy atom. The Bertz CT molecular complexity index is 631. The minimum Gasteiger partial charge on any atom is -0.383 e. The number of carbonyl (C=O) groups excluding carboxylic acids is 1. The van der Waals surface area contributed by atoms with Gasteiger partial charge in [0.1, 0.15) is 0 Å². The summed E-state index contributed by atoms with van der Waals surface area (Å²) < 4.78 is 31.8. The third kappa shape index (κ3) is 4.26. The number of carbonyl (C=O) groups is 1. The van der Waals surface area contributed by atoms with E-state index in [1.54, 1.807) is 13.2 Å². The van der Waals surface area contributed by atoms with Crippen molar-refractivity contribution >= 4 is 15.9 Å². The van der Waals surface area contributed by atoms with Gasteiger partial charge in [-0.3, -0.25) is 4.79 Å². The fourth-order valence-electron chi connectivity index (χ4n) is 2.21. The topological polar surface area (TPSA) is 96.5 Å². The van der Waals surface area contributed by atoms with Crippen LogP contribution in [0.15, 0.2) is 23.1 Å². The van der Waals surface area contributed by atoms with E-state index < -0.39 is 10.0 Å². The number of sulfonamides is 1. The van der Waals surface area contributed by atoms with Crippen LogP contribution in [0, 0.1) is 0 Å². The molecule has 2 rings (SSSR count). The van der Waals surface area contributed by atoms with E-state index in [1.807, 2.05) is 0 Å². The van der Waals surface area contributed by atoms with E-state index in [1.165, 1.54) is 12.1 Å². The van der Waals surface area contributed by atoms with Crippen LogP contribution in [0.3, 0.4) is 0 Å². The van der Waals surface area contributed by atoms with Gasteiger partial charge in [0.15, 0.2) is 0 Å². The zero-order valence-electron chi connectivity index (χ0n) is 12.5. The lowest BCUT2D eigenvalue weighted by Crippen LogP contribution is -2.34. The zero-order chi connectivity index (χ0) is 16.0. The predicted octanol–water partition coefficient (Wildman–Crippen LogP) is -0.513. The average molecular weight is 327 g/mol. The van der Waals surface area contributed by atoms with Crippen molar-refractivity contribution in [1.82, 2.24) is 15.4 Å². The molecule has 0 atom stereocenters. The molecule has 0 radical (unpaired) electrons. The Kier molecular flexibility index (Phi) is 5.90. The average Bonchev–Trinajstić information content (AvgIpc) is 2.51. The molecule has 0 unspecified atom stereocenters. The van der Waals surface area contributed by atoms with Crippen LogP contribution >= 0.6 is 0 Å². The lowest BCUT2D eigenvalue weighted by molar-refractivity contribution is 0.0945. The summed E-state index contributed by atoms with van der Waals surface area (Å²) in [6.45, 7) is 2.61. The quantitative estimate of drug-likeness (QED) is 0.559. The number of ether oxygens (including phenoxy) is 1. The molecule has 1 aromatic rings.